The van der Waals surface area contributed by atoms with E-state index in [0.29, 0.717) is 0 Å². The molecule has 2 N–H and O–H groups in total. The molecule has 0 amide bonds. The maximum absolute atomic E-state index is 11.9. The first-order chi connectivity index (χ1) is 5.41. The molecular formula is C6H11F2NO2S. The molecule has 2 unspecified atom stereocenters. The van der Waals surface area contributed by atoms with Gasteiger partial charge in [-0.1, -0.05) is 0 Å². The first-order valence-corrected chi connectivity index (χ1v) is 5.47. The number of hydrogen-bond donors (Lipinski definition) is 1. The molecule has 2 atom stereocenters. The van der Waals surface area contributed by atoms with E-state index in [1.807, 2.05) is 0 Å². The molecule has 0 bridgehead atoms. The highest BCUT2D eigenvalue weighted by Gasteiger charge is 2.36. The Balaban J connectivity index is 2.58. The second-order valence-corrected chi connectivity index (χ2v) is 5.28. The van der Waals surface area contributed by atoms with Gasteiger partial charge in [-0.15, -0.1) is 0 Å². The minimum Gasteiger partial charge on any atom is -0.326 e. The predicted molar refractivity (Wildman–Crippen MR) is 40.7 cm³/mol. The van der Waals surface area contributed by atoms with Crippen molar-refractivity contribution >= 4 is 9.84 Å². The summed E-state index contributed by atoms with van der Waals surface area (Å²) in [7, 11) is -3.15. The predicted octanol–water partition coefficient (Wildman–Crippen LogP) is 0.0135. The van der Waals surface area contributed by atoms with Gasteiger partial charge in [0.25, 0.3) is 0 Å². The second-order valence-electron chi connectivity index (χ2n) is 3.13. The summed E-state index contributed by atoms with van der Waals surface area (Å²) < 4.78 is 45.5. The number of hydrogen-bond acceptors (Lipinski definition) is 3. The maximum Gasteiger partial charge on any atom is 0.239 e. The van der Waals surface area contributed by atoms with E-state index >= 15 is 0 Å². The lowest BCUT2D eigenvalue weighted by atomic mass is 10.0. The number of sulfone groups is 1. The normalized spacial score (nSPS) is 34.3. The van der Waals surface area contributed by atoms with E-state index in [9.17, 15) is 17.2 Å². The van der Waals surface area contributed by atoms with E-state index in [0.717, 1.165) is 0 Å². The summed E-state index contributed by atoms with van der Waals surface area (Å²) in [5.41, 5.74) is 5.39. The molecule has 1 aliphatic rings. The number of rotatable bonds is 2. The van der Waals surface area contributed by atoms with Crippen molar-refractivity contribution in [3.63, 3.8) is 0 Å². The van der Waals surface area contributed by atoms with Crippen LogP contribution in [-0.2, 0) is 9.84 Å². The molecule has 12 heavy (non-hydrogen) atoms. The third-order valence-electron chi connectivity index (χ3n) is 2.00. The molecule has 0 aromatic heterocycles. The Morgan fingerprint density at radius 1 is 1.42 bits per heavy atom. The number of halogens is 2. The van der Waals surface area contributed by atoms with Crippen molar-refractivity contribution in [1.82, 2.24) is 0 Å². The zero-order valence-electron chi connectivity index (χ0n) is 6.41. The molecule has 1 fully saturated rings. The van der Waals surface area contributed by atoms with Gasteiger partial charge in [-0.3, -0.25) is 0 Å². The van der Waals surface area contributed by atoms with Crippen LogP contribution in [0.15, 0.2) is 0 Å². The highest BCUT2D eigenvalue weighted by molar-refractivity contribution is 7.91. The van der Waals surface area contributed by atoms with Gasteiger partial charge in [0.2, 0.25) is 6.43 Å². The van der Waals surface area contributed by atoms with Crippen LogP contribution in [0.2, 0.25) is 0 Å². The molecule has 1 saturated heterocycles. The van der Waals surface area contributed by atoms with Crippen molar-refractivity contribution in [2.45, 2.75) is 18.9 Å². The molecule has 72 valence electrons. The molecule has 6 heteroatoms. The zero-order chi connectivity index (χ0) is 9.35. The molecular weight excluding hydrogens is 188 g/mol. The van der Waals surface area contributed by atoms with Crippen molar-refractivity contribution in [1.29, 1.82) is 0 Å². The van der Waals surface area contributed by atoms with Gasteiger partial charge in [0, 0.05) is 12.5 Å². The highest BCUT2D eigenvalue weighted by atomic mass is 32.2. The van der Waals surface area contributed by atoms with Crippen molar-refractivity contribution in [2.75, 3.05) is 11.5 Å². The topological polar surface area (TPSA) is 60.2 Å². The lowest BCUT2D eigenvalue weighted by Crippen LogP contribution is -2.29. The Labute approximate surface area is 69.9 Å². The summed E-state index contributed by atoms with van der Waals surface area (Å²) in [6.45, 7) is 0. The number of alkyl halides is 2. The van der Waals surface area contributed by atoms with Gasteiger partial charge in [-0.2, -0.15) is 0 Å². The molecule has 1 rings (SSSR count). The van der Waals surface area contributed by atoms with E-state index in [4.69, 9.17) is 5.73 Å². The first-order valence-electron chi connectivity index (χ1n) is 3.65. The summed E-state index contributed by atoms with van der Waals surface area (Å²) in [6, 6.07) is -0.607. The van der Waals surface area contributed by atoms with Crippen LogP contribution in [0.25, 0.3) is 0 Å². The standard InChI is InChI=1S/C6H11F2NO2S/c7-6(8)1-4-2-12(10,11)3-5(4)9/h4-6H,1-3,9H2. The van der Waals surface area contributed by atoms with Crippen LogP contribution in [0.3, 0.4) is 0 Å². The second kappa shape index (κ2) is 3.26. The van der Waals surface area contributed by atoms with E-state index in [-0.39, 0.29) is 11.5 Å². The monoisotopic (exact) mass is 199 g/mol. The van der Waals surface area contributed by atoms with Gasteiger partial charge >= 0.3 is 0 Å². The van der Waals surface area contributed by atoms with Crippen LogP contribution in [0.5, 0.6) is 0 Å². The minimum absolute atomic E-state index is 0.148. The maximum atomic E-state index is 11.9. The van der Waals surface area contributed by atoms with Gasteiger partial charge in [0.05, 0.1) is 11.5 Å². The minimum atomic E-state index is -3.15. The Kier molecular flexibility index (Phi) is 2.67. The van der Waals surface area contributed by atoms with Crippen LogP contribution in [-0.4, -0.2) is 32.4 Å². The van der Waals surface area contributed by atoms with Gasteiger partial charge < -0.3 is 5.73 Å². The summed E-state index contributed by atoms with van der Waals surface area (Å²) >= 11 is 0. The molecule has 0 spiro atoms. The van der Waals surface area contributed by atoms with E-state index < -0.39 is 34.6 Å². The van der Waals surface area contributed by atoms with Crippen LogP contribution in [0.1, 0.15) is 6.42 Å². The third kappa shape index (κ3) is 2.38. The molecule has 0 aromatic carbocycles. The average molecular weight is 199 g/mol. The SMILES string of the molecule is NC1CS(=O)(=O)CC1CC(F)F. The zero-order valence-corrected chi connectivity index (χ0v) is 7.23. The van der Waals surface area contributed by atoms with E-state index in [1.165, 1.54) is 0 Å². The smallest absolute Gasteiger partial charge is 0.239 e. The lowest BCUT2D eigenvalue weighted by Gasteiger charge is -2.11. The van der Waals surface area contributed by atoms with Gasteiger partial charge in [-0.05, 0) is 5.92 Å². The van der Waals surface area contributed by atoms with Crippen LogP contribution in [0.4, 0.5) is 8.78 Å². The van der Waals surface area contributed by atoms with Gasteiger partial charge in [-0.25, -0.2) is 17.2 Å². The van der Waals surface area contributed by atoms with Crippen molar-refractivity contribution in [3.8, 4) is 0 Å². The Morgan fingerprint density at radius 3 is 2.33 bits per heavy atom. The fourth-order valence-corrected chi connectivity index (χ4v) is 3.45. The molecule has 1 aliphatic heterocycles. The Hall–Kier alpha value is -0.230. The average Bonchev–Trinajstić information content (AvgIpc) is 2.03. The van der Waals surface area contributed by atoms with E-state index in [1.54, 1.807) is 0 Å². The van der Waals surface area contributed by atoms with Crippen molar-refractivity contribution < 1.29 is 17.2 Å². The molecule has 0 saturated carbocycles. The largest absolute Gasteiger partial charge is 0.326 e. The van der Waals surface area contributed by atoms with Gasteiger partial charge in [0.1, 0.15) is 0 Å². The van der Waals surface area contributed by atoms with Crippen molar-refractivity contribution in [2.24, 2.45) is 11.7 Å². The van der Waals surface area contributed by atoms with E-state index in [2.05, 4.69) is 0 Å². The quantitative estimate of drug-likeness (QED) is 0.681. The van der Waals surface area contributed by atoms with Crippen LogP contribution < -0.4 is 5.73 Å². The molecule has 0 radical (unpaired) electrons. The van der Waals surface area contributed by atoms with Gasteiger partial charge in [0.15, 0.2) is 9.84 Å². The third-order valence-corrected chi connectivity index (χ3v) is 3.83. The van der Waals surface area contributed by atoms with Crippen LogP contribution >= 0.6 is 0 Å². The molecule has 0 aromatic rings. The summed E-state index contributed by atoms with van der Waals surface area (Å²) in [4.78, 5) is 0. The Morgan fingerprint density at radius 2 is 2.00 bits per heavy atom. The van der Waals surface area contributed by atoms with Crippen molar-refractivity contribution in [3.05, 3.63) is 0 Å². The number of nitrogens with two attached hydrogens (primary N) is 1. The highest BCUT2D eigenvalue weighted by Crippen LogP contribution is 2.23. The fraction of sp³-hybridized carbons (Fsp3) is 1.00. The molecule has 3 nitrogen and oxygen atoms in total. The van der Waals surface area contributed by atoms with Crippen LogP contribution in [0, 0.1) is 5.92 Å². The summed E-state index contributed by atoms with van der Waals surface area (Å²) in [5, 5.41) is 0. The lowest BCUT2D eigenvalue weighted by molar-refractivity contribution is 0.116. The molecule has 0 aliphatic carbocycles. The summed E-state index contributed by atoms with van der Waals surface area (Å²) in [6.07, 6.45) is -2.87. The Bertz CT molecular complexity index is 252. The molecule has 1 heterocycles. The fourth-order valence-electron chi connectivity index (χ4n) is 1.42. The first kappa shape index (κ1) is 9.85. The summed E-state index contributed by atoms with van der Waals surface area (Å²) in [5.74, 6) is -0.891.